The van der Waals surface area contributed by atoms with Gasteiger partial charge in [-0.25, -0.2) is 0 Å². The molecule has 2 spiro atoms. The Morgan fingerprint density at radius 2 is 1.94 bits per heavy atom. The zero-order valence-electron chi connectivity index (χ0n) is 21.2. The molecular formula is C29H39NO4. The van der Waals surface area contributed by atoms with E-state index in [9.17, 15) is 10.2 Å². The number of aromatic hydroxyl groups is 1. The smallest absolute Gasteiger partial charge is 0.165 e. The van der Waals surface area contributed by atoms with Crippen molar-refractivity contribution in [1.82, 2.24) is 4.90 Å². The second-order valence-corrected chi connectivity index (χ2v) is 13.4. The molecule has 34 heavy (non-hydrogen) atoms. The number of ether oxygens (including phenoxy) is 2. The van der Waals surface area contributed by atoms with Crippen LogP contribution in [0, 0.1) is 22.7 Å². The van der Waals surface area contributed by atoms with Gasteiger partial charge in [0.2, 0.25) is 0 Å². The van der Waals surface area contributed by atoms with Gasteiger partial charge in [0.25, 0.3) is 0 Å². The molecule has 5 aliphatic carbocycles. The topological polar surface area (TPSA) is 62.2 Å². The molecule has 5 nitrogen and oxygen atoms in total. The van der Waals surface area contributed by atoms with Gasteiger partial charge in [0.15, 0.2) is 11.5 Å². The Morgan fingerprint density at radius 3 is 2.62 bits per heavy atom. The van der Waals surface area contributed by atoms with E-state index in [1.54, 1.807) is 7.11 Å². The number of aliphatic hydroxyl groups is 1. The van der Waals surface area contributed by atoms with Gasteiger partial charge in [-0.3, -0.25) is 4.90 Å². The molecule has 2 saturated carbocycles. The minimum atomic E-state index is -0.960. The van der Waals surface area contributed by atoms with Crippen LogP contribution in [0.5, 0.6) is 11.5 Å². The molecule has 0 unspecified atom stereocenters. The number of benzene rings is 1. The molecule has 5 heteroatoms. The Hall–Kier alpha value is -1.56. The van der Waals surface area contributed by atoms with Gasteiger partial charge in [0.05, 0.1) is 11.0 Å². The Balaban J connectivity index is 1.49. The molecule has 8 rings (SSSR count). The highest BCUT2D eigenvalue weighted by Gasteiger charge is 2.81. The van der Waals surface area contributed by atoms with Crippen LogP contribution in [0.25, 0.3) is 0 Å². The Bertz CT molecular complexity index is 1100. The van der Waals surface area contributed by atoms with Crippen molar-refractivity contribution in [2.24, 2.45) is 22.7 Å². The zero-order valence-corrected chi connectivity index (χ0v) is 21.2. The predicted octanol–water partition coefficient (Wildman–Crippen LogP) is 4.19. The molecule has 7 atom stereocenters. The third-order valence-corrected chi connectivity index (χ3v) is 11.3. The highest BCUT2D eigenvalue weighted by atomic mass is 16.6. The van der Waals surface area contributed by atoms with Gasteiger partial charge in [0.1, 0.15) is 11.7 Å². The standard InChI is InChI=1S/C29H39NO4/c1-25(2,3)26(4,32)20-15-27-10-11-29(20,33-5)24-28(27)12-13-30(16-17-6-7-17)21(27)14-18-8-9-19(31)23(34-24)22(18)28/h8-11,17,20-21,24,31-32H,6-7,12-16H2,1-5H3/t20-,21-,24-,26+,27-,28+,29-/m1/s1. The lowest BCUT2D eigenvalue weighted by molar-refractivity contribution is -0.263. The minimum Gasteiger partial charge on any atom is -0.504 e. The summed E-state index contributed by atoms with van der Waals surface area (Å²) in [6.07, 6.45) is 10.0. The summed E-state index contributed by atoms with van der Waals surface area (Å²) in [7, 11) is 1.78. The molecule has 2 aliphatic heterocycles. The number of nitrogens with zero attached hydrogens (tertiary/aromatic N) is 1. The van der Waals surface area contributed by atoms with Crippen molar-refractivity contribution in [2.75, 3.05) is 20.2 Å². The van der Waals surface area contributed by atoms with Gasteiger partial charge in [0, 0.05) is 36.6 Å². The van der Waals surface area contributed by atoms with E-state index in [0.717, 1.165) is 31.7 Å². The molecule has 3 fully saturated rings. The summed E-state index contributed by atoms with van der Waals surface area (Å²) in [5.41, 5.74) is 0.165. The van der Waals surface area contributed by atoms with Crippen LogP contribution in [0.1, 0.15) is 64.5 Å². The van der Waals surface area contributed by atoms with Crippen molar-refractivity contribution in [2.45, 2.75) is 88.6 Å². The maximum absolute atomic E-state index is 12.2. The van der Waals surface area contributed by atoms with E-state index in [1.165, 1.54) is 30.5 Å². The SMILES string of the molecule is CO[C@]12C=C[C@@]3(C[C@@H]1[C@](C)(O)C(C)(C)C)[C@H]1Cc4ccc(O)c5c4[C@@]3(CCN1CC1CC1)[C@H]2O5. The number of rotatable bonds is 4. The number of phenolic OH excluding ortho intramolecular Hbond substituents is 1. The van der Waals surface area contributed by atoms with Crippen molar-refractivity contribution in [3.05, 3.63) is 35.4 Å². The minimum absolute atomic E-state index is 0.116. The lowest BCUT2D eigenvalue weighted by Gasteiger charge is -2.73. The fourth-order valence-corrected chi connectivity index (χ4v) is 8.94. The van der Waals surface area contributed by atoms with Crippen LogP contribution in [0.2, 0.25) is 0 Å². The monoisotopic (exact) mass is 465 g/mol. The molecule has 1 aromatic rings. The van der Waals surface area contributed by atoms with Crippen molar-refractivity contribution in [3.63, 3.8) is 0 Å². The van der Waals surface area contributed by atoms with Crippen LogP contribution in [0.3, 0.4) is 0 Å². The van der Waals surface area contributed by atoms with Gasteiger partial charge >= 0.3 is 0 Å². The van der Waals surface area contributed by atoms with E-state index in [1.807, 2.05) is 13.0 Å². The molecule has 2 N–H and O–H groups in total. The van der Waals surface area contributed by atoms with Gasteiger partial charge in [-0.05, 0) is 68.5 Å². The average molecular weight is 466 g/mol. The first-order valence-corrected chi connectivity index (χ1v) is 13.3. The second kappa shape index (κ2) is 6.22. The number of hydrogen-bond acceptors (Lipinski definition) is 5. The molecule has 0 aromatic heterocycles. The highest BCUT2D eigenvalue weighted by Crippen LogP contribution is 2.76. The van der Waals surface area contributed by atoms with Crippen molar-refractivity contribution in [1.29, 1.82) is 0 Å². The highest BCUT2D eigenvalue weighted by molar-refractivity contribution is 5.65. The number of methoxy groups -OCH3 is 1. The average Bonchev–Trinajstić information content (AvgIpc) is 3.53. The fourth-order valence-electron chi connectivity index (χ4n) is 8.94. The van der Waals surface area contributed by atoms with Gasteiger partial charge in [-0.15, -0.1) is 0 Å². The van der Waals surface area contributed by atoms with Crippen molar-refractivity contribution in [3.8, 4) is 11.5 Å². The molecule has 2 heterocycles. The fraction of sp³-hybridized carbons (Fsp3) is 0.724. The summed E-state index contributed by atoms with van der Waals surface area (Å²) in [5.74, 6) is 1.62. The van der Waals surface area contributed by atoms with Crippen LogP contribution >= 0.6 is 0 Å². The van der Waals surface area contributed by atoms with E-state index in [0.29, 0.717) is 11.8 Å². The first-order valence-electron chi connectivity index (χ1n) is 13.3. The summed E-state index contributed by atoms with van der Waals surface area (Å²) in [6, 6.07) is 4.33. The predicted molar refractivity (Wildman–Crippen MR) is 130 cm³/mol. The molecule has 1 saturated heterocycles. The lowest BCUT2D eigenvalue weighted by Crippen LogP contribution is -2.81. The van der Waals surface area contributed by atoms with Crippen LogP contribution in [0.15, 0.2) is 24.3 Å². The van der Waals surface area contributed by atoms with E-state index in [4.69, 9.17) is 9.47 Å². The van der Waals surface area contributed by atoms with E-state index in [2.05, 4.69) is 43.9 Å². The number of phenols is 1. The number of hydrogen-bond donors (Lipinski definition) is 2. The summed E-state index contributed by atoms with van der Waals surface area (Å²) in [5, 5.41) is 23.1. The molecule has 184 valence electrons. The Morgan fingerprint density at radius 1 is 1.18 bits per heavy atom. The summed E-state index contributed by atoms with van der Waals surface area (Å²) in [6.45, 7) is 10.6. The quantitative estimate of drug-likeness (QED) is 0.653. The maximum atomic E-state index is 12.2. The summed E-state index contributed by atoms with van der Waals surface area (Å²) in [4.78, 5) is 2.77. The van der Waals surface area contributed by atoms with Crippen LogP contribution in [-0.2, 0) is 16.6 Å². The largest absolute Gasteiger partial charge is 0.504 e. The molecule has 1 aromatic carbocycles. The first-order chi connectivity index (χ1) is 16.0. The number of piperidine rings is 1. The number of fused-ring (bicyclic) bond motifs is 1. The third kappa shape index (κ3) is 2.20. The van der Waals surface area contributed by atoms with Gasteiger partial charge in [-0.2, -0.15) is 0 Å². The van der Waals surface area contributed by atoms with E-state index >= 15 is 0 Å². The molecule has 4 bridgehead atoms. The molecule has 7 aliphatic rings. The third-order valence-electron chi connectivity index (χ3n) is 11.3. The molecule has 0 radical (unpaired) electrons. The van der Waals surface area contributed by atoms with Gasteiger partial charge in [-0.1, -0.05) is 39.0 Å². The lowest BCUT2D eigenvalue weighted by atomic mass is 9.35. The summed E-state index contributed by atoms with van der Waals surface area (Å²) < 4.78 is 13.3. The van der Waals surface area contributed by atoms with E-state index in [-0.39, 0.29) is 34.0 Å². The van der Waals surface area contributed by atoms with Crippen LogP contribution in [0.4, 0.5) is 0 Å². The Labute approximate surface area is 203 Å². The zero-order chi connectivity index (χ0) is 23.9. The maximum Gasteiger partial charge on any atom is 0.165 e. The van der Waals surface area contributed by atoms with Crippen LogP contribution in [-0.4, -0.2) is 58.7 Å². The van der Waals surface area contributed by atoms with Gasteiger partial charge < -0.3 is 19.7 Å². The van der Waals surface area contributed by atoms with Crippen molar-refractivity contribution >= 4 is 0 Å². The molecule has 0 amide bonds. The van der Waals surface area contributed by atoms with Crippen LogP contribution < -0.4 is 4.74 Å². The van der Waals surface area contributed by atoms with Crippen molar-refractivity contribution < 1.29 is 19.7 Å². The summed E-state index contributed by atoms with van der Waals surface area (Å²) >= 11 is 0. The second-order valence-electron chi connectivity index (χ2n) is 13.4. The number of likely N-dealkylation sites (tertiary alicyclic amines) is 1. The Kier molecular flexibility index (Phi) is 3.97. The molecular weight excluding hydrogens is 426 g/mol. The first kappa shape index (κ1) is 21.7. The van der Waals surface area contributed by atoms with E-state index < -0.39 is 11.2 Å². The normalized spacial score (nSPS) is 43.4.